The highest BCUT2D eigenvalue weighted by atomic mass is 79.9. The highest BCUT2D eigenvalue weighted by Crippen LogP contribution is 2.34. The summed E-state index contributed by atoms with van der Waals surface area (Å²) in [5.74, 6) is 1.02. The van der Waals surface area contributed by atoms with Gasteiger partial charge in [-0.3, -0.25) is 10.1 Å². The summed E-state index contributed by atoms with van der Waals surface area (Å²) in [6.07, 6.45) is 1.42. The lowest BCUT2D eigenvalue weighted by molar-refractivity contribution is -0.422. The number of hydrogen-bond acceptors (Lipinski definition) is 4. The number of allylic oxidation sites excluding steroid dienone is 1. The van der Waals surface area contributed by atoms with Crippen LogP contribution in [-0.4, -0.2) is 19.1 Å². The molecule has 0 N–H and O–H groups in total. The summed E-state index contributed by atoms with van der Waals surface area (Å²) in [4.78, 5) is 10.2. The molecule has 1 aromatic carbocycles. The van der Waals surface area contributed by atoms with Gasteiger partial charge in [-0.15, -0.1) is 0 Å². The van der Waals surface area contributed by atoms with E-state index >= 15 is 0 Å². The Bertz CT molecular complexity index is 446. The zero-order valence-corrected chi connectivity index (χ0v) is 11.3. The Labute approximate surface area is 107 Å². The van der Waals surface area contributed by atoms with Gasteiger partial charge in [-0.1, -0.05) is 15.9 Å². The van der Waals surface area contributed by atoms with E-state index in [1.165, 1.54) is 27.2 Å². The van der Waals surface area contributed by atoms with E-state index in [1.54, 1.807) is 12.1 Å². The molecule has 17 heavy (non-hydrogen) atoms. The first-order valence-corrected chi connectivity index (χ1v) is 5.53. The molecule has 0 aliphatic rings. The van der Waals surface area contributed by atoms with E-state index < -0.39 is 4.92 Å². The molecule has 0 amide bonds. The fourth-order valence-corrected chi connectivity index (χ4v) is 1.73. The number of nitro groups is 1. The maximum absolute atomic E-state index is 10.6. The van der Waals surface area contributed by atoms with E-state index in [9.17, 15) is 10.1 Å². The minimum absolute atomic E-state index is 0.0175. The van der Waals surface area contributed by atoms with Gasteiger partial charge in [-0.05, 0) is 12.1 Å². The molecule has 0 aliphatic heterocycles. The Hall–Kier alpha value is -1.56. The molecule has 0 aromatic heterocycles. The highest BCUT2D eigenvalue weighted by Gasteiger charge is 2.13. The van der Waals surface area contributed by atoms with Gasteiger partial charge in [0.2, 0.25) is 5.70 Å². The van der Waals surface area contributed by atoms with Crippen LogP contribution in [0.4, 0.5) is 0 Å². The van der Waals surface area contributed by atoms with Crippen molar-refractivity contribution in [1.29, 1.82) is 0 Å². The summed E-state index contributed by atoms with van der Waals surface area (Å²) in [6.45, 7) is 1.42. The van der Waals surface area contributed by atoms with Crippen molar-refractivity contribution in [3.8, 4) is 11.5 Å². The number of ether oxygens (including phenoxy) is 2. The van der Waals surface area contributed by atoms with Crippen LogP contribution in [-0.2, 0) is 0 Å². The first-order valence-electron chi connectivity index (χ1n) is 4.73. The largest absolute Gasteiger partial charge is 0.496 e. The maximum atomic E-state index is 10.6. The zero-order chi connectivity index (χ0) is 13.0. The van der Waals surface area contributed by atoms with E-state index in [4.69, 9.17) is 9.47 Å². The molecule has 5 nitrogen and oxygen atoms in total. The lowest BCUT2D eigenvalue weighted by Crippen LogP contribution is -1.97. The average molecular weight is 302 g/mol. The molecule has 92 valence electrons. The zero-order valence-electron chi connectivity index (χ0n) is 9.69. The van der Waals surface area contributed by atoms with Gasteiger partial charge in [0, 0.05) is 17.5 Å². The van der Waals surface area contributed by atoms with Crippen LogP contribution < -0.4 is 9.47 Å². The molecule has 0 unspecified atom stereocenters. The lowest BCUT2D eigenvalue weighted by Gasteiger charge is -2.10. The SMILES string of the molecule is COc1cc(Br)cc(OC)c1C=C(C)[N+](=O)[O-]. The molecular formula is C11H12BrNO4. The van der Waals surface area contributed by atoms with Gasteiger partial charge < -0.3 is 9.47 Å². The van der Waals surface area contributed by atoms with Crippen molar-refractivity contribution in [1.82, 2.24) is 0 Å². The van der Waals surface area contributed by atoms with Gasteiger partial charge >= 0.3 is 0 Å². The van der Waals surface area contributed by atoms with Crippen molar-refractivity contribution in [2.75, 3.05) is 14.2 Å². The number of methoxy groups -OCH3 is 2. The molecule has 0 fully saturated rings. The number of hydrogen-bond donors (Lipinski definition) is 0. The fourth-order valence-electron chi connectivity index (χ4n) is 1.31. The molecular weight excluding hydrogens is 290 g/mol. The van der Waals surface area contributed by atoms with Gasteiger partial charge in [0.1, 0.15) is 11.5 Å². The van der Waals surface area contributed by atoms with Crippen LogP contribution in [0.1, 0.15) is 12.5 Å². The molecule has 1 rings (SSSR count). The summed E-state index contributed by atoms with van der Waals surface area (Å²) in [6, 6.07) is 3.45. The monoisotopic (exact) mass is 301 g/mol. The lowest BCUT2D eigenvalue weighted by atomic mass is 10.1. The van der Waals surface area contributed by atoms with E-state index in [0.717, 1.165) is 4.47 Å². The van der Waals surface area contributed by atoms with Crippen LogP contribution in [0.5, 0.6) is 11.5 Å². The Morgan fingerprint density at radius 3 is 2.18 bits per heavy atom. The summed E-state index contributed by atoms with van der Waals surface area (Å²) in [7, 11) is 3.00. The smallest absolute Gasteiger partial charge is 0.244 e. The van der Waals surface area contributed by atoms with Gasteiger partial charge in [0.05, 0.1) is 24.7 Å². The third-order valence-electron chi connectivity index (χ3n) is 2.15. The van der Waals surface area contributed by atoms with Crippen LogP contribution in [0.3, 0.4) is 0 Å². The third kappa shape index (κ3) is 3.20. The van der Waals surface area contributed by atoms with E-state index in [0.29, 0.717) is 17.1 Å². The first-order chi connectivity index (χ1) is 7.99. The average Bonchev–Trinajstić information content (AvgIpc) is 2.30. The Balaban J connectivity index is 3.39. The number of halogens is 1. The molecule has 6 heteroatoms. The third-order valence-corrected chi connectivity index (χ3v) is 2.61. The van der Waals surface area contributed by atoms with E-state index in [1.807, 2.05) is 0 Å². The molecule has 0 radical (unpaired) electrons. The van der Waals surface area contributed by atoms with Crippen molar-refractivity contribution in [2.45, 2.75) is 6.92 Å². The Kier molecular flexibility index (Phi) is 4.51. The van der Waals surface area contributed by atoms with Gasteiger partial charge in [-0.25, -0.2) is 0 Å². The second-order valence-electron chi connectivity index (χ2n) is 3.27. The minimum Gasteiger partial charge on any atom is -0.496 e. The van der Waals surface area contributed by atoms with Gasteiger partial charge in [0.15, 0.2) is 0 Å². The molecule has 0 aliphatic carbocycles. The second-order valence-corrected chi connectivity index (χ2v) is 4.18. The van der Waals surface area contributed by atoms with Crippen LogP contribution >= 0.6 is 15.9 Å². The molecule has 0 atom stereocenters. The van der Waals surface area contributed by atoms with Crippen LogP contribution in [0.2, 0.25) is 0 Å². The van der Waals surface area contributed by atoms with E-state index in [-0.39, 0.29) is 5.70 Å². The van der Waals surface area contributed by atoms with Crippen LogP contribution in [0, 0.1) is 10.1 Å². The summed E-state index contributed by atoms with van der Waals surface area (Å²) >= 11 is 3.31. The predicted octanol–water partition coefficient (Wildman–Crippen LogP) is 3.10. The second kappa shape index (κ2) is 5.67. The maximum Gasteiger partial charge on any atom is 0.244 e. The van der Waals surface area contributed by atoms with E-state index in [2.05, 4.69) is 15.9 Å². The summed E-state index contributed by atoms with van der Waals surface area (Å²) < 4.78 is 11.1. The van der Waals surface area contributed by atoms with Crippen molar-refractivity contribution in [2.24, 2.45) is 0 Å². The van der Waals surface area contributed by atoms with Crippen molar-refractivity contribution < 1.29 is 14.4 Å². The molecule has 0 saturated carbocycles. The van der Waals surface area contributed by atoms with Gasteiger partial charge in [-0.2, -0.15) is 0 Å². The Morgan fingerprint density at radius 2 is 1.82 bits per heavy atom. The minimum atomic E-state index is -0.457. The van der Waals surface area contributed by atoms with Crippen LogP contribution in [0.25, 0.3) is 6.08 Å². The first kappa shape index (κ1) is 13.5. The quantitative estimate of drug-likeness (QED) is 0.633. The number of nitrogens with zero attached hydrogens (tertiary/aromatic N) is 1. The fraction of sp³-hybridized carbons (Fsp3) is 0.273. The molecule has 0 heterocycles. The topological polar surface area (TPSA) is 61.6 Å². The van der Waals surface area contributed by atoms with Crippen LogP contribution in [0.15, 0.2) is 22.3 Å². The number of rotatable bonds is 4. The summed E-state index contributed by atoms with van der Waals surface area (Å²) in [5.41, 5.74) is 0.566. The predicted molar refractivity (Wildman–Crippen MR) is 67.9 cm³/mol. The molecule has 0 spiro atoms. The molecule has 0 saturated heterocycles. The standard InChI is InChI=1S/C11H12BrNO4/c1-7(13(14)15)4-9-10(16-2)5-8(12)6-11(9)17-3/h4-6H,1-3H3. The molecule has 0 bridgehead atoms. The Morgan fingerprint density at radius 1 is 1.35 bits per heavy atom. The number of benzene rings is 1. The van der Waals surface area contributed by atoms with Crippen molar-refractivity contribution in [3.05, 3.63) is 38.0 Å². The van der Waals surface area contributed by atoms with Crippen molar-refractivity contribution in [3.63, 3.8) is 0 Å². The highest BCUT2D eigenvalue weighted by molar-refractivity contribution is 9.10. The van der Waals surface area contributed by atoms with Gasteiger partial charge in [0.25, 0.3) is 0 Å². The van der Waals surface area contributed by atoms with Crippen molar-refractivity contribution >= 4 is 22.0 Å². The normalized spacial score (nSPS) is 11.2. The summed E-state index contributed by atoms with van der Waals surface area (Å²) in [5, 5.41) is 10.6. The molecule has 1 aromatic rings.